The van der Waals surface area contributed by atoms with Gasteiger partial charge in [0.1, 0.15) is 17.3 Å². The predicted molar refractivity (Wildman–Crippen MR) is 126 cm³/mol. The summed E-state index contributed by atoms with van der Waals surface area (Å²) in [6, 6.07) is 19.2. The van der Waals surface area contributed by atoms with Crippen molar-refractivity contribution >= 4 is 44.1 Å². The van der Waals surface area contributed by atoms with Gasteiger partial charge in [-0.25, -0.2) is 4.98 Å². The van der Waals surface area contributed by atoms with Crippen molar-refractivity contribution in [1.29, 1.82) is 0 Å². The van der Waals surface area contributed by atoms with Gasteiger partial charge in [-0.1, -0.05) is 53.8 Å². The lowest BCUT2D eigenvalue weighted by Crippen LogP contribution is -2.29. The standard InChI is InChI=1S/C25H18N2O5S/c1-32-17-10-11-18-19(13-17)33-25(26-18)27-21(15-8-5-9-16(28)12-15)20(23(30)24(27)31)22(29)14-6-3-2-4-7-14/h2-13,21,28-29H,1H3/b22-20+. The van der Waals surface area contributed by atoms with E-state index in [4.69, 9.17) is 4.74 Å². The number of aromatic hydroxyl groups is 1. The van der Waals surface area contributed by atoms with E-state index in [9.17, 15) is 19.8 Å². The molecule has 1 aromatic heterocycles. The summed E-state index contributed by atoms with van der Waals surface area (Å²) in [6.45, 7) is 0. The first kappa shape index (κ1) is 20.7. The van der Waals surface area contributed by atoms with E-state index in [1.807, 2.05) is 0 Å². The molecule has 33 heavy (non-hydrogen) atoms. The maximum atomic E-state index is 13.2. The molecule has 5 rings (SSSR count). The number of thiazole rings is 1. The van der Waals surface area contributed by atoms with Crippen LogP contribution in [0.5, 0.6) is 11.5 Å². The maximum Gasteiger partial charge on any atom is 0.301 e. The summed E-state index contributed by atoms with van der Waals surface area (Å²) >= 11 is 1.24. The normalized spacial score (nSPS) is 17.6. The van der Waals surface area contributed by atoms with Crippen LogP contribution in [-0.4, -0.2) is 34.0 Å². The Bertz CT molecular complexity index is 1430. The molecule has 3 aromatic carbocycles. The Balaban J connectivity index is 1.73. The fourth-order valence-electron chi connectivity index (χ4n) is 3.91. The molecule has 1 saturated heterocycles. The van der Waals surface area contributed by atoms with Gasteiger partial charge < -0.3 is 14.9 Å². The number of ketones is 1. The van der Waals surface area contributed by atoms with E-state index in [0.717, 1.165) is 4.70 Å². The Kier molecular flexibility index (Phi) is 5.07. The second kappa shape index (κ2) is 8.07. The van der Waals surface area contributed by atoms with E-state index in [1.165, 1.54) is 28.4 Å². The molecule has 0 radical (unpaired) electrons. The van der Waals surface area contributed by atoms with Crippen LogP contribution in [0, 0.1) is 0 Å². The number of benzene rings is 3. The van der Waals surface area contributed by atoms with E-state index in [0.29, 0.717) is 27.5 Å². The Morgan fingerprint density at radius 1 is 1.03 bits per heavy atom. The van der Waals surface area contributed by atoms with E-state index < -0.39 is 17.7 Å². The SMILES string of the molecule is COc1ccc2nc(N3C(=O)C(=O)/C(=C(/O)c4ccccc4)C3c3cccc(O)c3)sc2c1. The van der Waals surface area contributed by atoms with Crippen LogP contribution in [0.2, 0.25) is 0 Å². The van der Waals surface area contributed by atoms with Gasteiger partial charge in [0.05, 0.1) is 28.9 Å². The summed E-state index contributed by atoms with van der Waals surface area (Å²) in [6.07, 6.45) is 0. The number of aromatic nitrogens is 1. The second-order valence-electron chi connectivity index (χ2n) is 7.46. The summed E-state index contributed by atoms with van der Waals surface area (Å²) in [5, 5.41) is 21.5. The minimum absolute atomic E-state index is 0.0214. The third kappa shape index (κ3) is 3.50. The number of anilines is 1. The van der Waals surface area contributed by atoms with Crippen molar-refractivity contribution in [2.24, 2.45) is 0 Å². The number of aliphatic hydroxyl groups excluding tert-OH is 1. The number of aliphatic hydroxyl groups is 1. The van der Waals surface area contributed by atoms with E-state index in [-0.39, 0.29) is 17.1 Å². The molecule has 4 aromatic rings. The molecule has 7 nitrogen and oxygen atoms in total. The molecule has 1 unspecified atom stereocenters. The topological polar surface area (TPSA) is 100.0 Å². The molecule has 0 spiro atoms. The molecule has 2 heterocycles. The minimum atomic E-state index is -0.959. The number of phenols is 1. The number of amides is 1. The molecular formula is C25H18N2O5S. The Morgan fingerprint density at radius 2 is 1.82 bits per heavy atom. The van der Waals surface area contributed by atoms with Gasteiger partial charge in [-0.3, -0.25) is 14.5 Å². The van der Waals surface area contributed by atoms with Crippen LogP contribution in [0.15, 0.2) is 78.4 Å². The van der Waals surface area contributed by atoms with E-state index in [1.54, 1.807) is 67.8 Å². The van der Waals surface area contributed by atoms with Gasteiger partial charge in [0.25, 0.3) is 5.78 Å². The number of ether oxygens (including phenoxy) is 1. The number of hydrogen-bond donors (Lipinski definition) is 2. The molecule has 1 atom stereocenters. The Labute approximate surface area is 192 Å². The Hall–Kier alpha value is -4.17. The third-order valence-electron chi connectivity index (χ3n) is 5.47. The molecule has 0 bridgehead atoms. The molecule has 1 fully saturated rings. The van der Waals surface area contributed by atoms with Crippen molar-refractivity contribution in [3.05, 3.63) is 89.5 Å². The lowest BCUT2D eigenvalue weighted by molar-refractivity contribution is -0.132. The number of fused-ring (bicyclic) bond motifs is 1. The molecule has 0 saturated carbocycles. The highest BCUT2D eigenvalue weighted by atomic mass is 32.1. The zero-order valence-corrected chi connectivity index (χ0v) is 18.2. The van der Waals surface area contributed by atoms with Crippen LogP contribution in [0.4, 0.5) is 5.13 Å². The lowest BCUT2D eigenvalue weighted by atomic mass is 9.95. The second-order valence-corrected chi connectivity index (χ2v) is 8.47. The quantitative estimate of drug-likeness (QED) is 0.263. The predicted octanol–water partition coefficient (Wildman–Crippen LogP) is 4.64. The van der Waals surface area contributed by atoms with Gasteiger partial charge in [0.15, 0.2) is 5.13 Å². The van der Waals surface area contributed by atoms with Crippen molar-refractivity contribution in [1.82, 2.24) is 4.98 Å². The number of rotatable bonds is 4. The highest BCUT2D eigenvalue weighted by molar-refractivity contribution is 7.22. The number of carbonyl (C=O) groups is 2. The van der Waals surface area contributed by atoms with Crippen molar-refractivity contribution in [3.8, 4) is 11.5 Å². The first-order valence-corrected chi connectivity index (χ1v) is 10.9. The molecule has 1 amide bonds. The highest BCUT2D eigenvalue weighted by Crippen LogP contribution is 2.45. The van der Waals surface area contributed by atoms with Crippen LogP contribution >= 0.6 is 11.3 Å². The lowest BCUT2D eigenvalue weighted by Gasteiger charge is -2.23. The van der Waals surface area contributed by atoms with E-state index >= 15 is 0 Å². The fourth-order valence-corrected chi connectivity index (χ4v) is 4.94. The van der Waals surface area contributed by atoms with Crippen LogP contribution in [0.25, 0.3) is 16.0 Å². The summed E-state index contributed by atoms with van der Waals surface area (Å²) < 4.78 is 6.05. The van der Waals surface area contributed by atoms with Crippen molar-refractivity contribution < 1.29 is 24.5 Å². The first-order valence-electron chi connectivity index (χ1n) is 10.1. The smallest absolute Gasteiger partial charge is 0.301 e. The number of nitrogens with zero attached hydrogens (tertiary/aromatic N) is 2. The number of methoxy groups -OCH3 is 1. The van der Waals surface area contributed by atoms with Gasteiger partial charge in [0, 0.05) is 5.56 Å². The summed E-state index contributed by atoms with van der Waals surface area (Å²) in [5.41, 5.74) is 1.47. The summed E-state index contributed by atoms with van der Waals surface area (Å²) in [7, 11) is 1.56. The largest absolute Gasteiger partial charge is 0.508 e. The molecule has 0 aliphatic carbocycles. The fraction of sp³-hybridized carbons (Fsp3) is 0.0800. The number of hydrogen-bond acceptors (Lipinski definition) is 7. The zero-order valence-electron chi connectivity index (χ0n) is 17.4. The van der Waals surface area contributed by atoms with Crippen molar-refractivity contribution in [2.45, 2.75) is 6.04 Å². The monoisotopic (exact) mass is 458 g/mol. The van der Waals surface area contributed by atoms with Gasteiger partial charge in [-0.15, -0.1) is 0 Å². The van der Waals surface area contributed by atoms with Gasteiger partial charge in [-0.2, -0.15) is 0 Å². The average molecular weight is 458 g/mol. The number of Topliss-reactive ketones (excluding diaryl/α,β-unsaturated/α-hetero) is 1. The van der Waals surface area contributed by atoms with Crippen molar-refractivity contribution in [3.63, 3.8) is 0 Å². The number of phenolic OH excluding ortho intramolecular Hbond substituents is 1. The molecule has 164 valence electrons. The van der Waals surface area contributed by atoms with Gasteiger partial charge >= 0.3 is 5.91 Å². The Morgan fingerprint density at radius 3 is 2.55 bits per heavy atom. The minimum Gasteiger partial charge on any atom is -0.508 e. The van der Waals surface area contributed by atoms with Crippen LogP contribution in [-0.2, 0) is 9.59 Å². The molecule has 2 N–H and O–H groups in total. The zero-order chi connectivity index (χ0) is 23.1. The summed E-state index contributed by atoms with van der Waals surface area (Å²) in [4.78, 5) is 32.3. The van der Waals surface area contributed by atoms with Gasteiger partial charge in [-0.05, 0) is 35.9 Å². The van der Waals surface area contributed by atoms with E-state index in [2.05, 4.69) is 4.98 Å². The molecular weight excluding hydrogens is 440 g/mol. The first-order chi connectivity index (χ1) is 16.0. The molecule has 8 heteroatoms. The van der Waals surface area contributed by atoms with Crippen LogP contribution in [0.3, 0.4) is 0 Å². The molecule has 1 aliphatic rings. The highest BCUT2D eigenvalue weighted by Gasteiger charge is 2.48. The summed E-state index contributed by atoms with van der Waals surface area (Å²) in [5.74, 6) is -1.28. The average Bonchev–Trinajstić information content (AvgIpc) is 3.37. The maximum absolute atomic E-state index is 13.2. The van der Waals surface area contributed by atoms with Crippen molar-refractivity contribution in [2.75, 3.05) is 12.0 Å². The third-order valence-corrected chi connectivity index (χ3v) is 6.49. The van der Waals surface area contributed by atoms with Gasteiger partial charge in [0.2, 0.25) is 0 Å². The number of carbonyl (C=O) groups excluding carboxylic acids is 2. The van der Waals surface area contributed by atoms with Crippen LogP contribution in [0.1, 0.15) is 17.2 Å². The molecule has 1 aliphatic heterocycles. The van der Waals surface area contributed by atoms with Crippen LogP contribution < -0.4 is 9.64 Å².